The highest BCUT2D eigenvalue weighted by molar-refractivity contribution is 5.78. The van der Waals surface area contributed by atoms with Crippen molar-refractivity contribution in [1.29, 1.82) is 0 Å². The summed E-state index contributed by atoms with van der Waals surface area (Å²) >= 11 is 0. The fourth-order valence-corrected chi connectivity index (χ4v) is 2.71. The summed E-state index contributed by atoms with van der Waals surface area (Å²) in [6.45, 7) is 0. The molecule has 1 atom stereocenters. The Kier molecular flexibility index (Phi) is 2.86. The molecule has 2 heterocycles. The van der Waals surface area contributed by atoms with Crippen LogP contribution >= 0.6 is 0 Å². The molecule has 0 amide bonds. The van der Waals surface area contributed by atoms with Crippen molar-refractivity contribution in [3.05, 3.63) is 96.1 Å². The van der Waals surface area contributed by atoms with E-state index in [0.29, 0.717) is 0 Å². The first-order chi connectivity index (χ1) is 10.4. The summed E-state index contributed by atoms with van der Waals surface area (Å²) in [5.41, 5.74) is 2.06. The van der Waals surface area contributed by atoms with E-state index in [0.717, 1.165) is 28.1 Å². The van der Waals surface area contributed by atoms with Gasteiger partial charge >= 0.3 is 0 Å². The van der Waals surface area contributed by atoms with Crippen molar-refractivity contribution in [3.63, 3.8) is 0 Å². The molecular weight excluding hydrogens is 260 g/mol. The van der Waals surface area contributed by atoms with Gasteiger partial charge in [0.1, 0.15) is 23.0 Å². The third-order valence-corrected chi connectivity index (χ3v) is 3.69. The van der Waals surface area contributed by atoms with Crippen LogP contribution in [0, 0.1) is 0 Å². The van der Waals surface area contributed by atoms with Gasteiger partial charge in [-0.3, -0.25) is 0 Å². The van der Waals surface area contributed by atoms with Gasteiger partial charge in [0.05, 0.1) is 6.26 Å². The Morgan fingerprint density at radius 1 is 0.714 bits per heavy atom. The fourth-order valence-electron chi connectivity index (χ4n) is 2.71. The molecule has 2 heteroatoms. The van der Waals surface area contributed by atoms with Gasteiger partial charge in [-0.1, -0.05) is 48.5 Å². The topological polar surface area (TPSA) is 26.3 Å². The highest BCUT2D eigenvalue weighted by Gasteiger charge is 2.23. The molecule has 0 aliphatic rings. The van der Waals surface area contributed by atoms with Crippen LogP contribution in [0.15, 0.2) is 87.9 Å². The molecule has 0 fully saturated rings. The Hall–Kier alpha value is -2.74. The van der Waals surface area contributed by atoms with Crippen molar-refractivity contribution in [2.75, 3.05) is 0 Å². The molecular formula is C19H14O2. The number of fused-ring (bicyclic) bond motifs is 1. The smallest absolute Gasteiger partial charge is 0.134 e. The number of hydrogen-bond donors (Lipinski definition) is 0. The van der Waals surface area contributed by atoms with Crippen molar-refractivity contribution in [2.24, 2.45) is 0 Å². The number of hydrogen-bond acceptors (Lipinski definition) is 2. The second-order valence-corrected chi connectivity index (χ2v) is 5.05. The molecule has 4 aromatic rings. The normalized spacial score (nSPS) is 12.6. The van der Waals surface area contributed by atoms with Crippen molar-refractivity contribution < 1.29 is 8.83 Å². The lowest BCUT2D eigenvalue weighted by Crippen LogP contribution is -2.00. The molecule has 2 aromatic heterocycles. The van der Waals surface area contributed by atoms with Gasteiger partial charge in [-0.25, -0.2) is 0 Å². The Bertz CT molecular complexity index is 809. The van der Waals surface area contributed by atoms with Crippen LogP contribution in [-0.4, -0.2) is 0 Å². The van der Waals surface area contributed by atoms with E-state index >= 15 is 0 Å². The van der Waals surface area contributed by atoms with Crippen LogP contribution in [-0.2, 0) is 0 Å². The standard InChI is InChI=1S/C19H14O2/c1-2-7-14(8-3-1)19(17-11-6-12-20-17)18-13-15-9-4-5-10-16(15)21-18/h1-13,19H. The molecule has 102 valence electrons. The maximum Gasteiger partial charge on any atom is 0.134 e. The molecule has 0 N–H and O–H groups in total. The number of furan rings is 2. The first kappa shape index (κ1) is 12.0. The van der Waals surface area contributed by atoms with E-state index in [1.807, 2.05) is 48.5 Å². The molecule has 0 aliphatic heterocycles. The van der Waals surface area contributed by atoms with Gasteiger partial charge < -0.3 is 8.83 Å². The van der Waals surface area contributed by atoms with Crippen molar-refractivity contribution in [2.45, 2.75) is 5.92 Å². The summed E-state index contributed by atoms with van der Waals surface area (Å²) in [5.74, 6) is 1.77. The lowest BCUT2D eigenvalue weighted by Gasteiger charge is -2.12. The summed E-state index contributed by atoms with van der Waals surface area (Å²) < 4.78 is 11.7. The van der Waals surface area contributed by atoms with Gasteiger partial charge in [-0.2, -0.15) is 0 Å². The van der Waals surface area contributed by atoms with E-state index in [9.17, 15) is 0 Å². The Morgan fingerprint density at radius 3 is 2.29 bits per heavy atom. The summed E-state index contributed by atoms with van der Waals surface area (Å²) in [4.78, 5) is 0. The molecule has 2 nitrogen and oxygen atoms in total. The minimum atomic E-state index is -0.0198. The largest absolute Gasteiger partial charge is 0.468 e. The van der Waals surface area contributed by atoms with E-state index in [-0.39, 0.29) is 5.92 Å². The zero-order valence-electron chi connectivity index (χ0n) is 11.4. The lowest BCUT2D eigenvalue weighted by molar-refractivity contribution is 0.464. The quantitative estimate of drug-likeness (QED) is 0.513. The average molecular weight is 274 g/mol. The minimum absolute atomic E-state index is 0.0198. The van der Waals surface area contributed by atoms with Crippen LogP contribution in [0.1, 0.15) is 23.0 Å². The Labute approximate surface area is 122 Å². The minimum Gasteiger partial charge on any atom is -0.468 e. The number of rotatable bonds is 3. The molecule has 0 saturated heterocycles. The summed E-state index contributed by atoms with van der Waals surface area (Å²) in [6, 6.07) is 24.3. The van der Waals surface area contributed by atoms with Crippen molar-refractivity contribution >= 4 is 11.0 Å². The third kappa shape index (κ3) is 2.15. The second kappa shape index (κ2) is 4.98. The van der Waals surface area contributed by atoms with Gasteiger partial charge in [0.15, 0.2) is 0 Å². The first-order valence-electron chi connectivity index (χ1n) is 6.98. The van der Waals surface area contributed by atoms with E-state index < -0.39 is 0 Å². The molecule has 0 aliphatic carbocycles. The van der Waals surface area contributed by atoms with E-state index in [1.54, 1.807) is 6.26 Å². The number of para-hydroxylation sites is 1. The van der Waals surface area contributed by atoms with Crippen molar-refractivity contribution in [1.82, 2.24) is 0 Å². The van der Waals surface area contributed by atoms with E-state index in [1.165, 1.54) is 0 Å². The Morgan fingerprint density at radius 2 is 1.52 bits per heavy atom. The maximum absolute atomic E-state index is 6.05. The van der Waals surface area contributed by atoms with Crippen LogP contribution in [0.4, 0.5) is 0 Å². The highest BCUT2D eigenvalue weighted by atomic mass is 16.3. The summed E-state index contributed by atoms with van der Waals surface area (Å²) in [5, 5.41) is 1.11. The molecule has 2 aromatic carbocycles. The van der Waals surface area contributed by atoms with Crippen molar-refractivity contribution in [3.8, 4) is 0 Å². The van der Waals surface area contributed by atoms with Gasteiger partial charge in [0.25, 0.3) is 0 Å². The molecule has 0 bridgehead atoms. The second-order valence-electron chi connectivity index (χ2n) is 5.05. The average Bonchev–Trinajstić information content (AvgIpc) is 3.18. The van der Waals surface area contributed by atoms with Gasteiger partial charge in [-0.15, -0.1) is 0 Å². The monoisotopic (exact) mass is 274 g/mol. The van der Waals surface area contributed by atoms with Crippen LogP contribution < -0.4 is 0 Å². The Balaban J connectivity index is 1.90. The summed E-state index contributed by atoms with van der Waals surface area (Å²) in [6.07, 6.45) is 1.70. The van der Waals surface area contributed by atoms with Crippen LogP contribution in [0.5, 0.6) is 0 Å². The lowest BCUT2D eigenvalue weighted by atomic mass is 9.94. The number of benzene rings is 2. The summed E-state index contributed by atoms with van der Waals surface area (Å²) in [7, 11) is 0. The third-order valence-electron chi connectivity index (χ3n) is 3.69. The predicted molar refractivity (Wildman–Crippen MR) is 82.3 cm³/mol. The molecule has 21 heavy (non-hydrogen) atoms. The molecule has 1 unspecified atom stereocenters. The van der Waals surface area contributed by atoms with Gasteiger partial charge in [0.2, 0.25) is 0 Å². The highest BCUT2D eigenvalue weighted by Crippen LogP contribution is 2.35. The zero-order chi connectivity index (χ0) is 14.1. The SMILES string of the molecule is c1ccc(C(c2ccco2)c2cc3ccccc3o2)cc1. The predicted octanol–water partition coefficient (Wildman–Crippen LogP) is 5.21. The van der Waals surface area contributed by atoms with Crippen LogP contribution in [0.25, 0.3) is 11.0 Å². The molecule has 0 saturated carbocycles. The molecule has 0 spiro atoms. The molecule has 0 radical (unpaired) electrons. The van der Waals surface area contributed by atoms with Crippen LogP contribution in [0.3, 0.4) is 0 Å². The molecule has 4 rings (SSSR count). The van der Waals surface area contributed by atoms with Gasteiger partial charge in [-0.05, 0) is 29.8 Å². The van der Waals surface area contributed by atoms with E-state index in [4.69, 9.17) is 8.83 Å². The fraction of sp³-hybridized carbons (Fsp3) is 0.0526. The van der Waals surface area contributed by atoms with Gasteiger partial charge in [0, 0.05) is 5.39 Å². The first-order valence-corrected chi connectivity index (χ1v) is 6.98. The van der Waals surface area contributed by atoms with E-state index in [2.05, 4.69) is 24.3 Å². The zero-order valence-corrected chi connectivity index (χ0v) is 11.4. The van der Waals surface area contributed by atoms with Crippen LogP contribution in [0.2, 0.25) is 0 Å². The maximum atomic E-state index is 6.05.